The molecule has 8 heteroatoms. The zero-order chi connectivity index (χ0) is 21.7. The Kier molecular flexibility index (Phi) is 4.82. The zero-order valence-electron chi connectivity index (χ0n) is 18.2. The van der Waals surface area contributed by atoms with Crippen LogP contribution in [0.5, 0.6) is 0 Å². The number of aromatic amines is 1. The number of pyridine rings is 1. The summed E-state index contributed by atoms with van der Waals surface area (Å²) >= 11 is 0. The van der Waals surface area contributed by atoms with Crippen molar-refractivity contribution in [2.45, 2.75) is 51.1 Å². The molecule has 1 saturated heterocycles. The number of carbonyl (C=O) groups excluding carboxylic acids is 1. The van der Waals surface area contributed by atoms with Gasteiger partial charge in [-0.3, -0.25) is 24.6 Å². The third-order valence-electron chi connectivity index (χ3n) is 7.12. The fourth-order valence-electron chi connectivity index (χ4n) is 5.17. The molecule has 166 valence electrons. The van der Waals surface area contributed by atoms with Crippen LogP contribution in [0, 0.1) is 5.92 Å². The molecule has 1 aliphatic carbocycles. The second-order valence-corrected chi connectivity index (χ2v) is 9.46. The number of H-pyrrole nitrogens is 1. The van der Waals surface area contributed by atoms with Gasteiger partial charge in [0.05, 0.1) is 11.3 Å². The SMILES string of the molecule is O=C(C1CC1)N1CCCC(c2cc3nc4c(c(=O)n3[nH]2)CN(Cc2ccncc2)CC4)C1. The molecule has 1 unspecified atom stereocenters. The van der Waals surface area contributed by atoms with Crippen LogP contribution >= 0.6 is 0 Å². The van der Waals surface area contributed by atoms with Gasteiger partial charge in [-0.15, -0.1) is 0 Å². The molecule has 1 N–H and O–H groups in total. The summed E-state index contributed by atoms with van der Waals surface area (Å²) in [4.78, 5) is 39.1. The third-order valence-corrected chi connectivity index (χ3v) is 7.12. The fraction of sp³-hybridized carbons (Fsp3) is 0.500. The highest BCUT2D eigenvalue weighted by Crippen LogP contribution is 2.34. The van der Waals surface area contributed by atoms with Crippen molar-refractivity contribution in [2.75, 3.05) is 19.6 Å². The molecule has 6 rings (SSSR count). The van der Waals surface area contributed by atoms with Crippen LogP contribution < -0.4 is 5.56 Å². The molecule has 2 fully saturated rings. The summed E-state index contributed by atoms with van der Waals surface area (Å²) in [5.74, 6) is 0.793. The van der Waals surface area contributed by atoms with Crippen molar-refractivity contribution in [2.24, 2.45) is 5.92 Å². The normalized spacial score (nSPS) is 21.6. The maximum atomic E-state index is 13.3. The third kappa shape index (κ3) is 3.62. The largest absolute Gasteiger partial charge is 0.342 e. The quantitative estimate of drug-likeness (QED) is 0.682. The number of carbonyl (C=O) groups is 1. The van der Waals surface area contributed by atoms with Gasteiger partial charge < -0.3 is 4.90 Å². The second-order valence-electron chi connectivity index (χ2n) is 9.46. The molecule has 0 radical (unpaired) electrons. The number of nitrogens with zero attached hydrogens (tertiary/aromatic N) is 5. The minimum absolute atomic E-state index is 0.00241. The van der Waals surface area contributed by atoms with Gasteiger partial charge in [-0.05, 0) is 43.4 Å². The maximum Gasteiger partial charge on any atom is 0.277 e. The van der Waals surface area contributed by atoms with Crippen LogP contribution in [0.15, 0.2) is 35.4 Å². The number of fused-ring (bicyclic) bond motifs is 2. The average molecular weight is 433 g/mol. The minimum atomic E-state index is -0.00241. The van der Waals surface area contributed by atoms with E-state index in [1.807, 2.05) is 23.1 Å². The molecule has 3 aromatic heterocycles. The average Bonchev–Trinajstić information content (AvgIpc) is 3.59. The number of aromatic nitrogens is 4. The molecule has 0 bridgehead atoms. The van der Waals surface area contributed by atoms with Crippen LogP contribution in [0.25, 0.3) is 5.65 Å². The Labute approximate surface area is 186 Å². The van der Waals surface area contributed by atoms with Crippen molar-refractivity contribution >= 4 is 11.6 Å². The van der Waals surface area contributed by atoms with Gasteiger partial charge >= 0.3 is 0 Å². The van der Waals surface area contributed by atoms with Crippen molar-refractivity contribution in [1.82, 2.24) is 29.4 Å². The Balaban J connectivity index is 1.25. The molecule has 3 aliphatic rings. The van der Waals surface area contributed by atoms with Crippen molar-refractivity contribution in [1.29, 1.82) is 0 Å². The van der Waals surface area contributed by atoms with Crippen LogP contribution in [-0.2, 0) is 24.3 Å². The smallest absolute Gasteiger partial charge is 0.277 e. The van der Waals surface area contributed by atoms with E-state index in [1.54, 1.807) is 16.9 Å². The van der Waals surface area contributed by atoms with Gasteiger partial charge in [-0.25, -0.2) is 9.50 Å². The molecular formula is C24H28N6O2. The molecule has 5 heterocycles. The predicted molar refractivity (Wildman–Crippen MR) is 119 cm³/mol. The highest BCUT2D eigenvalue weighted by Gasteiger charge is 2.36. The van der Waals surface area contributed by atoms with Crippen LogP contribution in [-0.4, -0.2) is 54.9 Å². The summed E-state index contributed by atoms with van der Waals surface area (Å²) < 4.78 is 1.60. The molecule has 3 aromatic rings. The van der Waals surface area contributed by atoms with E-state index in [1.165, 1.54) is 5.56 Å². The first kappa shape index (κ1) is 19.7. The predicted octanol–water partition coefficient (Wildman–Crippen LogP) is 2.09. The summed E-state index contributed by atoms with van der Waals surface area (Å²) in [7, 11) is 0. The molecule has 32 heavy (non-hydrogen) atoms. The van der Waals surface area contributed by atoms with Gasteiger partial charge in [0.1, 0.15) is 0 Å². The van der Waals surface area contributed by atoms with E-state index in [2.05, 4.69) is 15.0 Å². The Morgan fingerprint density at radius 1 is 1.16 bits per heavy atom. The molecule has 1 saturated carbocycles. The Hall–Kier alpha value is -3.00. The highest BCUT2D eigenvalue weighted by atomic mass is 16.2. The molecular weight excluding hydrogens is 404 g/mol. The number of hydrogen-bond donors (Lipinski definition) is 1. The fourth-order valence-corrected chi connectivity index (χ4v) is 5.17. The second kappa shape index (κ2) is 7.85. The lowest BCUT2D eigenvalue weighted by molar-refractivity contribution is -0.133. The van der Waals surface area contributed by atoms with E-state index in [0.29, 0.717) is 18.1 Å². The maximum absolute atomic E-state index is 13.3. The van der Waals surface area contributed by atoms with Crippen LogP contribution in [0.3, 0.4) is 0 Å². The van der Waals surface area contributed by atoms with Crippen molar-refractivity contribution < 1.29 is 4.79 Å². The van der Waals surface area contributed by atoms with Crippen molar-refractivity contribution in [3.63, 3.8) is 0 Å². The summed E-state index contributed by atoms with van der Waals surface area (Å²) in [5, 5.41) is 3.33. The Morgan fingerprint density at radius 3 is 2.81 bits per heavy atom. The van der Waals surface area contributed by atoms with E-state index < -0.39 is 0 Å². The Morgan fingerprint density at radius 2 is 2.00 bits per heavy atom. The number of hydrogen-bond acceptors (Lipinski definition) is 5. The van der Waals surface area contributed by atoms with Gasteiger partial charge in [0.15, 0.2) is 5.65 Å². The summed E-state index contributed by atoms with van der Waals surface area (Å²) in [6, 6.07) is 6.05. The molecule has 0 aromatic carbocycles. The molecule has 0 spiro atoms. The number of nitrogens with one attached hydrogen (secondary N) is 1. The highest BCUT2D eigenvalue weighted by molar-refractivity contribution is 5.81. The lowest BCUT2D eigenvalue weighted by atomic mass is 9.94. The van der Waals surface area contributed by atoms with Crippen LogP contribution in [0.4, 0.5) is 0 Å². The van der Waals surface area contributed by atoms with Gasteiger partial charge in [0.25, 0.3) is 5.56 Å². The lowest BCUT2D eigenvalue weighted by Crippen LogP contribution is -2.40. The van der Waals surface area contributed by atoms with Gasteiger partial charge in [-0.2, -0.15) is 0 Å². The van der Waals surface area contributed by atoms with Gasteiger partial charge in [0, 0.05) is 75.1 Å². The summed E-state index contributed by atoms with van der Waals surface area (Å²) in [6.45, 7) is 3.87. The Bertz CT molecular complexity index is 1210. The van der Waals surface area contributed by atoms with E-state index in [0.717, 1.165) is 75.2 Å². The van der Waals surface area contributed by atoms with Crippen molar-refractivity contribution in [3.8, 4) is 0 Å². The summed E-state index contributed by atoms with van der Waals surface area (Å²) in [5.41, 5.74) is 4.60. The molecule has 1 atom stereocenters. The lowest BCUT2D eigenvalue weighted by Gasteiger charge is -2.32. The van der Waals surface area contributed by atoms with E-state index in [-0.39, 0.29) is 17.4 Å². The first-order valence-corrected chi connectivity index (χ1v) is 11.7. The van der Waals surface area contributed by atoms with Crippen LogP contribution in [0.2, 0.25) is 0 Å². The van der Waals surface area contributed by atoms with E-state index in [4.69, 9.17) is 4.98 Å². The van der Waals surface area contributed by atoms with Crippen LogP contribution in [0.1, 0.15) is 54.1 Å². The first-order chi connectivity index (χ1) is 15.7. The summed E-state index contributed by atoms with van der Waals surface area (Å²) in [6.07, 6.45) is 8.48. The van der Waals surface area contributed by atoms with Crippen molar-refractivity contribution in [3.05, 3.63) is 63.5 Å². The molecule has 2 aliphatic heterocycles. The monoisotopic (exact) mass is 432 g/mol. The number of amides is 1. The van der Waals surface area contributed by atoms with E-state index >= 15 is 0 Å². The number of likely N-dealkylation sites (tertiary alicyclic amines) is 1. The topological polar surface area (TPSA) is 86.6 Å². The standard InChI is InChI=1S/C24H28N6O2/c31-23(17-3-4-17)29-10-1-2-18(14-29)21-12-22-26-20-7-11-28(13-16-5-8-25-9-6-16)15-19(20)24(32)30(22)27-21/h5-6,8-9,12,17-18,27H,1-4,7,10-11,13-15H2. The molecule has 1 amide bonds. The number of rotatable bonds is 4. The van der Waals surface area contributed by atoms with E-state index in [9.17, 15) is 9.59 Å². The first-order valence-electron chi connectivity index (χ1n) is 11.7. The number of piperidine rings is 1. The van der Waals surface area contributed by atoms with Gasteiger partial charge in [0.2, 0.25) is 5.91 Å². The molecule has 8 nitrogen and oxygen atoms in total. The zero-order valence-corrected chi connectivity index (χ0v) is 18.2. The minimum Gasteiger partial charge on any atom is -0.342 e. The van der Waals surface area contributed by atoms with Gasteiger partial charge in [-0.1, -0.05) is 0 Å².